The third-order valence-electron chi connectivity index (χ3n) is 5.20. The zero-order chi connectivity index (χ0) is 25.0. The Morgan fingerprint density at radius 2 is 1.79 bits per heavy atom. The third-order valence-corrected chi connectivity index (χ3v) is 7.50. The van der Waals surface area contributed by atoms with Crippen LogP contribution in [0.3, 0.4) is 0 Å². The summed E-state index contributed by atoms with van der Waals surface area (Å²) in [4.78, 5) is 14.2. The molecular weight excluding hydrogens is 483 g/mol. The van der Waals surface area contributed by atoms with Crippen molar-refractivity contribution in [3.63, 3.8) is 0 Å². The van der Waals surface area contributed by atoms with Crippen molar-refractivity contribution < 1.29 is 18.5 Å². The second-order valence-electron chi connectivity index (χ2n) is 10.2. The maximum absolute atomic E-state index is 13.1. The monoisotopic (exact) mass is 518 g/mol. The van der Waals surface area contributed by atoms with Gasteiger partial charge in [-0.05, 0) is 66.4 Å². The summed E-state index contributed by atoms with van der Waals surface area (Å²) < 4.78 is 27.4. The van der Waals surface area contributed by atoms with Crippen LogP contribution in [0.15, 0.2) is 24.8 Å². The SMILES string of the molecule is C=CCOc1cc(Cl)c(Cl)cc1[C@H](NS(=O)C(C)(C)C)C1CCN(C(=O)OC(C)(C)C)CC1. The number of halogens is 2. The van der Waals surface area contributed by atoms with Crippen LogP contribution in [0.5, 0.6) is 5.75 Å². The van der Waals surface area contributed by atoms with Crippen LogP contribution in [0.4, 0.5) is 4.79 Å². The number of rotatable bonds is 7. The van der Waals surface area contributed by atoms with E-state index in [4.69, 9.17) is 32.7 Å². The van der Waals surface area contributed by atoms with Gasteiger partial charge in [0, 0.05) is 24.7 Å². The molecule has 1 heterocycles. The van der Waals surface area contributed by atoms with Gasteiger partial charge >= 0.3 is 6.09 Å². The van der Waals surface area contributed by atoms with E-state index in [1.165, 1.54) is 0 Å². The average molecular weight is 520 g/mol. The van der Waals surface area contributed by atoms with Crippen LogP contribution in [0, 0.1) is 5.92 Å². The first-order chi connectivity index (χ1) is 15.2. The largest absolute Gasteiger partial charge is 0.489 e. The number of nitrogens with zero attached hydrogens (tertiary/aromatic N) is 1. The summed E-state index contributed by atoms with van der Waals surface area (Å²) in [6, 6.07) is 3.16. The lowest BCUT2D eigenvalue weighted by atomic mass is 9.85. The van der Waals surface area contributed by atoms with Gasteiger partial charge in [-0.3, -0.25) is 0 Å². The number of carbonyl (C=O) groups excluding carboxylic acids is 1. The summed E-state index contributed by atoms with van der Waals surface area (Å²) in [5, 5.41) is 0.784. The van der Waals surface area contributed by atoms with Gasteiger partial charge in [0.25, 0.3) is 0 Å². The lowest BCUT2D eigenvalue weighted by Crippen LogP contribution is -2.45. The zero-order valence-corrected chi connectivity index (χ0v) is 22.7. The van der Waals surface area contributed by atoms with Crippen molar-refractivity contribution in [2.24, 2.45) is 5.92 Å². The van der Waals surface area contributed by atoms with Gasteiger partial charge in [-0.1, -0.05) is 35.9 Å². The Kier molecular flexibility index (Phi) is 9.69. The summed E-state index contributed by atoms with van der Waals surface area (Å²) in [6.45, 7) is 16.4. The molecule has 2 atom stereocenters. The Bertz CT molecular complexity index is 872. The molecule has 1 amide bonds. The van der Waals surface area contributed by atoms with Gasteiger partial charge in [-0.25, -0.2) is 13.7 Å². The highest BCUT2D eigenvalue weighted by Crippen LogP contribution is 2.40. The van der Waals surface area contributed by atoms with Crippen LogP contribution in [0.1, 0.15) is 66.0 Å². The molecule has 0 radical (unpaired) electrons. The van der Waals surface area contributed by atoms with Crippen molar-refractivity contribution in [3.05, 3.63) is 40.4 Å². The van der Waals surface area contributed by atoms with Crippen LogP contribution in [-0.2, 0) is 15.7 Å². The quantitative estimate of drug-likeness (QED) is 0.430. The van der Waals surface area contributed by atoms with E-state index in [0.29, 0.717) is 48.3 Å². The summed E-state index contributed by atoms with van der Waals surface area (Å²) >= 11 is 12.6. The fourth-order valence-corrected chi connectivity index (χ4v) is 4.74. The van der Waals surface area contributed by atoms with Crippen LogP contribution in [-0.4, -0.2) is 45.2 Å². The third kappa shape index (κ3) is 8.16. The minimum absolute atomic E-state index is 0.0957. The standard InChI is InChI=1S/C24H36Cl2N2O4S/c1-8-13-31-20-15-19(26)18(25)14-17(20)21(27-33(30)24(5,6)7)16-9-11-28(12-10-16)22(29)32-23(2,3)4/h8,14-16,21,27H,1,9-13H2,2-7H3/t21-,33?/m1/s1. The molecule has 1 aromatic carbocycles. The molecule has 0 bridgehead atoms. The Morgan fingerprint density at radius 1 is 1.21 bits per heavy atom. The predicted octanol–water partition coefficient (Wildman–Crippen LogP) is 6.30. The molecule has 0 saturated carbocycles. The average Bonchev–Trinajstić information content (AvgIpc) is 2.70. The highest BCUT2D eigenvalue weighted by atomic mass is 35.5. The van der Waals surface area contributed by atoms with E-state index in [9.17, 15) is 9.00 Å². The smallest absolute Gasteiger partial charge is 0.410 e. The zero-order valence-electron chi connectivity index (χ0n) is 20.4. The van der Waals surface area contributed by atoms with E-state index < -0.39 is 21.3 Å². The number of nitrogens with one attached hydrogen (secondary N) is 1. The second kappa shape index (κ2) is 11.4. The van der Waals surface area contributed by atoms with Crippen molar-refractivity contribution >= 4 is 40.3 Å². The molecule has 186 valence electrons. The van der Waals surface area contributed by atoms with Gasteiger partial charge in [0.15, 0.2) is 0 Å². The van der Waals surface area contributed by atoms with Gasteiger partial charge in [0.2, 0.25) is 0 Å². The molecule has 33 heavy (non-hydrogen) atoms. The van der Waals surface area contributed by atoms with Gasteiger partial charge in [-0.15, -0.1) is 0 Å². The van der Waals surface area contributed by atoms with Crippen molar-refractivity contribution in [1.29, 1.82) is 0 Å². The van der Waals surface area contributed by atoms with Gasteiger partial charge in [0.05, 0.1) is 31.8 Å². The van der Waals surface area contributed by atoms with E-state index in [1.54, 1.807) is 23.1 Å². The van der Waals surface area contributed by atoms with Crippen molar-refractivity contribution in [2.45, 2.75) is 70.8 Å². The maximum atomic E-state index is 13.1. The number of hydrogen-bond acceptors (Lipinski definition) is 4. The van der Waals surface area contributed by atoms with Crippen molar-refractivity contribution in [3.8, 4) is 5.75 Å². The molecule has 6 nitrogen and oxygen atoms in total. The topological polar surface area (TPSA) is 67.9 Å². The Labute approximate surface area is 210 Å². The molecule has 9 heteroatoms. The first-order valence-corrected chi connectivity index (χ1v) is 13.0. The number of hydrogen-bond donors (Lipinski definition) is 1. The van der Waals surface area contributed by atoms with Crippen LogP contribution >= 0.6 is 23.2 Å². The van der Waals surface area contributed by atoms with Gasteiger partial charge in [-0.2, -0.15) is 0 Å². The number of amides is 1. The van der Waals surface area contributed by atoms with Crippen molar-refractivity contribution in [2.75, 3.05) is 19.7 Å². The number of piperidine rings is 1. The first-order valence-electron chi connectivity index (χ1n) is 11.1. The highest BCUT2D eigenvalue weighted by molar-refractivity contribution is 7.84. The predicted molar refractivity (Wildman–Crippen MR) is 136 cm³/mol. The molecule has 2 rings (SSSR count). The molecule has 0 aromatic heterocycles. The van der Waals surface area contributed by atoms with Gasteiger partial charge < -0.3 is 14.4 Å². The maximum Gasteiger partial charge on any atom is 0.410 e. The molecule has 1 N–H and O–H groups in total. The number of benzene rings is 1. The minimum Gasteiger partial charge on any atom is -0.489 e. The van der Waals surface area contributed by atoms with E-state index >= 15 is 0 Å². The van der Waals surface area contributed by atoms with E-state index in [1.807, 2.05) is 41.5 Å². The molecular formula is C24H36Cl2N2O4S. The summed E-state index contributed by atoms with van der Waals surface area (Å²) in [6.07, 6.45) is 2.76. The fraction of sp³-hybridized carbons (Fsp3) is 0.625. The fourth-order valence-electron chi connectivity index (χ4n) is 3.51. The molecule has 0 spiro atoms. The molecule has 1 unspecified atom stereocenters. The van der Waals surface area contributed by atoms with Crippen LogP contribution < -0.4 is 9.46 Å². The minimum atomic E-state index is -1.33. The molecule has 1 saturated heterocycles. The first kappa shape index (κ1) is 28.0. The molecule has 1 aromatic rings. The van der Waals surface area contributed by atoms with E-state index in [0.717, 1.165) is 5.56 Å². The van der Waals surface area contributed by atoms with Crippen molar-refractivity contribution in [1.82, 2.24) is 9.62 Å². The number of carbonyl (C=O) groups is 1. The molecule has 1 aliphatic heterocycles. The summed E-state index contributed by atoms with van der Waals surface area (Å²) in [5.41, 5.74) is 0.249. The lowest BCUT2D eigenvalue weighted by molar-refractivity contribution is 0.0171. The second-order valence-corrected chi connectivity index (χ2v) is 13.0. The molecule has 1 aliphatic rings. The number of likely N-dealkylation sites (tertiary alicyclic amines) is 1. The molecule has 1 fully saturated rings. The van der Waals surface area contributed by atoms with Crippen LogP contribution in [0.25, 0.3) is 0 Å². The Morgan fingerprint density at radius 3 is 2.30 bits per heavy atom. The number of ether oxygens (including phenoxy) is 2. The van der Waals surface area contributed by atoms with Crippen LogP contribution in [0.2, 0.25) is 10.0 Å². The highest BCUT2D eigenvalue weighted by Gasteiger charge is 2.35. The Balaban J connectivity index is 2.33. The van der Waals surface area contributed by atoms with Gasteiger partial charge in [0.1, 0.15) is 18.0 Å². The van der Waals surface area contributed by atoms with E-state index in [2.05, 4.69) is 11.3 Å². The Hall–Kier alpha value is -1.28. The normalized spacial score (nSPS) is 17.4. The summed E-state index contributed by atoms with van der Waals surface area (Å²) in [7, 11) is -1.33. The lowest BCUT2D eigenvalue weighted by Gasteiger charge is -2.38. The van der Waals surface area contributed by atoms with E-state index in [-0.39, 0.29) is 18.1 Å². The molecule has 0 aliphatic carbocycles. The summed E-state index contributed by atoms with van der Waals surface area (Å²) in [5.74, 6) is 0.667.